The molecule has 0 saturated carbocycles. The smallest absolute Gasteiger partial charge is 0.336 e. The predicted octanol–water partition coefficient (Wildman–Crippen LogP) is 3.99. The number of phenols is 1. The van der Waals surface area contributed by atoms with Gasteiger partial charge in [-0.1, -0.05) is 23.2 Å². The maximum Gasteiger partial charge on any atom is 0.336 e. The molecule has 2 aromatic carbocycles. The molecule has 0 radical (unpaired) electrons. The number of rotatable bonds is 4. The van der Waals surface area contributed by atoms with Gasteiger partial charge in [-0.2, -0.15) is 0 Å². The summed E-state index contributed by atoms with van der Waals surface area (Å²) >= 11 is 5.90. The van der Waals surface area contributed by atoms with Crippen LogP contribution in [0.5, 0.6) is 11.5 Å². The topological polar surface area (TPSA) is 66.8 Å². The van der Waals surface area contributed by atoms with Crippen molar-refractivity contribution >= 4 is 29.2 Å². The van der Waals surface area contributed by atoms with E-state index in [1.807, 2.05) is 13.0 Å². The van der Waals surface area contributed by atoms with Crippen molar-refractivity contribution in [1.29, 1.82) is 0 Å². The third-order valence-electron chi connectivity index (χ3n) is 3.16. The molecule has 2 N–H and O–H groups in total. The Morgan fingerprint density at radius 1 is 1.23 bits per heavy atom. The van der Waals surface area contributed by atoms with Gasteiger partial charge >= 0.3 is 5.97 Å². The van der Waals surface area contributed by atoms with E-state index in [1.165, 1.54) is 31.4 Å². The minimum atomic E-state index is -1.12. The fourth-order valence-corrected chi connectivity index (χ4v) is 2.26. The molecule has 0 heterocycles. The first-order chi connectivity index (χ1) is 10.4. The highest BCUT2D eigenvalue weighted by molar-refractivity contribution is 6.31. The van der Waals surface area contributed by atoms with Gasteiger partial charge in [0.15, 0.2) is 0 Å². The summed E-state index contributed by atoms with van der Waals surface area (Å²) in [6.45, 7) is 1.86. The number of carbonyl (C=O) groups is 1. The molecular weight excluding hydrogens is 304 g/mol. The summed E-state index contributed by atoms with van der Waals surface area (Å²) in [5.41, 5.74) is 1.68. The number of aliphatic carboxylic acids is 1. The van der Waals surface area contributed by atoms with Crippen LogP contribution >= 0.6 is 11.6 Å². The Labute approximate surface area is 133 Å². The highest BCUT2D eigenvalue weighted by Gasteiger charge is 2.16. The van der Waals surface area contributed by atoms with E-state index in [0.717, 1.165) is 5.56 Å². The van der Waals surface area contributed by atoms with Gasteiger partial charge in [0.2, 0.25) is 0 Å². The van der Waals surface area contributed by atoms with Gasteiger partial charge < -0.3 is 14.9 Å². The summed E-state index contributed by atoms with van der Waals surface area (Å²) in [6.07, 6.45) is 1.38. The fraction of sp³-hybridized carbons (Fsp3) is 0.118. The van der Waals surface area contributed by atoms with Crippen LogP contribution in [0.4, 0.5) is 0 Å². The number of carboxylic acids is 1. The van der Waals surface area contributed by atoms with Crippen LogP contribution < -0.4 is 4.74 Å². The molecule has 0 aliphatic rings. The Kier molecular flexibility index (Phi) is 4.73. The normalized spacial score (nSPS) is 11.3. The third kappa shape index (κ3) is 3.40. The molecule has 22 heavy (non-hydrogen) atoms. The molecule has 0 aliphatic carbocycles. The molecule has 2 aromatic rings. The second kappa shape index (κ2) is 6.54. The molecule has 114 valence electrons. The van der Waals surface area contributed by atoms with Gasteiger partial charge in [-0.15, -0.1) is 0 Å². The van der Waals surface area contributed by atoms with Crippen LogP contribution in [0.3, 0.4) is 0 Å². The van der Waals surface area contributed by atoms with Crippen LogP contribution in [0, 0.1) is 6.92 Å². The van der Waals surface area contributed by atoms with Gasteiger partial charge in [-0.3, -0.25) is 0 Å². The van der Waals surface area contributed by atoms with Crippen molar-refractivity contribution in [2.75, 3.05) is 7.11 Å². The maximum absolute atomic E-state index is 11.6. The van der Waals surface area contributed by atoms with E-state index in [9.17, 15) is 15.0 Å². The predicted molar refractivity (Wildman–Crippen MR) is 86.4 cm³/mol. The van der Waals surface area contributed by atoms with Crippen LogP contribution in [-0.2, 0) is 4.79 Å². The van der Waals surface area contributed by atoms with Crippen molar-refractivity contribution in [1.82, 2.24) is 0 Å². The first-order valence-corrected chi connectivity index (χ1v) is 6.88. The summed E-state index contributed by atoms with van der Waals surface area (Å²) in [7, 11) is 1.48. The zero-order valence-corrected chi connectivity index (χ0v) is 12.9. The Morgan fingerprint density at radius 3 is 2.59 bits per heavy atom. The van der Waals surface area contributed by atoms with Gasteiger partial charge in [0.1, 0.15) is 11.5 Å². The molecule has 0 spiro atoms. The van der Waals surface area contributed by atoms with Gasteiger partial charge in [0.05, 0.1) is 12.7 Å². The summed E-state index contributed by atoms with van der Waals surface area (Å²) in [5.74, 6) is -0.723. The Morgan fingerprint density at radius 2 is 1.95 bits per heavy atom. The van der Waals surface area contributed by atoms with E-state index in [0.29, 0.717) is 21.9 Å². The second-order valence-corrected chi connectivity index (χ2v) is 5.21. The van der Waals surface area contributed by atoms with Gasteiger partial charge in [-0.25, -0.2) is 4.79 Å². The summed E-state index contributed by atoms with van der Waals surface area (Å²) in [6, 6.07) is 9.71. The summed E-state index contributed by atoms with van der Waals surface area (Å²) in [4.78, 5) is 11.6. The van der Waals surface area contributed by atoms with Crippen LogP contribution in [0.2, 0.25) is 5.02 Å². The molecule has 0 aromatic heterocycles. The fourth-order valence-electron chi connectivity index (χ4n) is 2.08. The third-order valence-corrected chi connectivity index (χ3v) is 3.40. The molecule has 4 nitrogen and oxygen atoms in total. The van der Waals surface area contributed by atoms with Crippen molar-refractivity contribution < 1.29 is 19.7 Å². The standard InChI is InChI=1S/C17H15ClO4/c1-10-3-6-16(22-2)13(7-10)14(17(20)21)9-11-8-12(18)4-5-15(11)19/h3-9,19H,1-2H3,(H,20,21)/b14-9-. The number of phenolic OH excluding ortho intramolecular Hbond substituents is 1. The molecule has 0 aliphatic heterocycles. The first kappa shape index (κ1) is 15.9. The molecule has 0 fully saturated rings. The molecule has 0 amide bonds. The molecular formula is C17H15ClO4. The van der Waals surface area contributed by atoms with Crippen molar-refractivity contribution in [2.24, 2.45) is 0 Å². The summed E-state index contributed by atoms with van der Waals surface area (Å²) < 4.78 is 5.23. The number of hydrogen-bond donors (Lipinski definition) is 2. The van der Waals surface area contributed by atoms with E-state index in [1.54, 1.807) is 12.1 Å². The van der Waals surface area contributed by atoms with Gasteiger partial charge in [0.25, 0.3) is 0 Å². The molecule has 2 rings (SSSR count). The number of ether oxygens (including phenoxy) is 1. The summed E-state index contributed by atoms with van der Waals surface area (Å²) in [5, 5.41) is 19.8. The average molecular weight is 319 g/mol. The van der Waals surface area contributed by atoms with Crippen molar-refractivity contribution in [3.05, 3.63) is 58.1 Å². The second-order valence-electron chi connectivity index (χ2n) is 4.77. The quantitative estimate of drug-likeness (QED) is 0.661. The minimum absolute atomic E-state index is 0.0121. The lowest BCUT2D eigenvalue weighted by Gasteiger charge is -2.11. The number of aromatic hydroxyl groups is 1. The zero-order valence-electron chi connectivity index (χ0n) is 12.1. The van der Waals surface area contributed by atoms with E-state index in [-0.39, 0.29) is 11.3 Å². The van der Waals surface area contributed by atoms with Crippen LogP contribution in [0.1, 0.15) is 16.7 Å². The highest BCUT2D eigenvalue weighted by atomic mass is 35.5. The molecule has 0 bridgehead atoms. The number of carboxylic acid groups (broad SMARTS) is 1. The van der Waals surface area contributed by atoms with E-state index < -0.39 is 5.97 Å². The van der Waals surface area contributed by atoms with Crippen LogP contribution in [0.25, 0.3) is 11.6 Å². The van der Waals surface area contributed by atoms with Crippen molar-refractivity contribution in [2.45, 2.75) is 6.92 Å². The highest BCUT2D eigenvalue weighted by Crippen LogP contribution is 2.31. The lowest BCUT2D eigenvalue weighted by atomic mass is 9.99. The van der Waals surface area contributed by atoms with Crippen molar-refractivity contribution in [3.8, 4) is 11.5 Å². The first-order valence-electron chi connectivity index (χ1n) is 6.51. The molecule has 0 atom stereocenters. The van der Waals surface area contributed by atoms with Crippen molar-refractivity contribution in [3.63, 3.8) is 0 Å². The molecule has 5 heteroatoms. The minimum Gasteiger partial charge on any atom is -0.507 e. The lowest BCUT2D eigenvalue weighted by molar-refractivity contribution is -0.130. The monoisotopic (exact) mass is 318 g/mol. The SMILES string of the molecule is COc1ccc(C)cc1/C(=C/c1cc(Cl)ccc1O)C(=O)O. The van der Waals surface area contributed by atoms with Gasteiger partial charge in [-0.05, 0) is 43.3 Å². The number of benzene rings is 2. The van der Waals surface area contributed by atoms with Crippen LogP contribution in [-0.4, -0.2) is 23.3 Å². The zero-order chi connectivity index (χ0) is 16.3. The Hall–Kier alpha value is -2.46. The Bertz CT molecular complexity index is 750. The van der Waals surface area contributed by atoms with E-state index in [4.69, 9.17) is 16.3 Å². The largest absolute Gasteiger partial charge is 0.507 e. The van der Waals surface area contributed by atoms with Gasteiger partial charge in [0, 0.05) is 16.1 Å². The van der Waals surface area contributed by atoms with Crippen LogP contribution in [0.15, 0.2) is 36.4 Å². The lowest BCUT2D eigenvalue weighted by Crippen LogP contribution is -2.02. The number of hydrogen-bond acceptors (Lipinski definition) is 3. The molecule has 0 unspecified atom stereocenters. The van der Waals surface area contributed by atoms with E-state index >= 15 is 0 Å². The average Bonchev–Trinajstić information content (AvgIpc) is 2.47. The number of halogens is 1. The maximum atomic E-state index is 11.6. The van der Waals surface area contributed by atoms with E-state index in [2.05, 4.69) is 0 Å². The number of methoxy groups -OCH3 is 1. The number of aryl methyl sites for hydroxylation is 1. The molecule has 0 saturated heterocycles. The Balaban J connectivity index is 2.65.